The maximum Gasteiger partial charge on any atom is 0.294 e. The van der Waals surface area contributed by atoms with Crippen molar-refractivity contribution in [2.45, 2.75) is 6.42 Å². The van der Waals surface area contributed by atoms with E-state index in [1.807, 2.05) is 60.7 Å². The van der Waals surface area contributed by atoms with Crippen LogP contribution in [0.5, 0.6) is 5.75 Å². The number of hydrogen-bond donors (Lipinski definition) is 1. The molecular weight excluding hydrogens is 412 g/mol. The molecule has 0 saturated heterocycles. The van der Waals surface area contributed by atoms with Gasteiger partial charge in [-0.2, -0.15) is 0 Å². The van der Waals surface area contributed by atoms with Gasteiger partial charge in [-0.25, -0.2) is 0 Å². The van der Waals surface area contributed by atoms with Gasteiger partial charge in [0.05, 0.1) is 12.1 Å². The van der Waals surface area contributed by atoms with Crippen LogP contribution in [0.15, 0.2) is 79.0 Å². The summed E-state index contributed by atoms with van der Waals surface area (Å²) in [5.74, 6) is -0.692. The van der Waals surface area contributed by atoms with Crippen molar-refractivity contribution < 1.29 is 14.3 Å². The third kappa shape index (κ3) is 4.32. The number of pyridine rings is 1. The van der Waals surface area contributed by atoms with Gasteiger partial charge in [0, 0.05) is 23.8 Å². The van der Waals surface area contributed by atoms with Gasteiger partial charge in [0.15, 0.2) is 0 Å². The molecule has 0 fully saturated rings. The number of halogens is 1. The minimum atomic E-state index is -0.638. The van der Waals surface area contributed by atoms with E-state index in [4.69, 9.17) is 16.3 Å². The summed E-state index contributed by atoms with van der Waals surface area (Å²) in [6, 6.07) is 22.6. The third-order valence-corrected chi connectivity index (χ3v) is 5.40. The number of ether oxygens (including phenoxy) is 1. The zero-order valence-corrected chi connectivity index (χ0v) is 17.7. The number of benzene rings is 2. The molecule has 0 saturated carbocycles. The van der Waals surface area contributed by atoms with Gasteiger partial charge in [-0.3, -0.25) is 9.59 Å². The highest BCUT2D eigenvalue weighted by Crippen LogP contribution is 2.33. The van der Waals surface area contributed by atoms with Crippen molar-refractivity contribution in [3.05, 3.63) is 95.3 Å². The lowest BCUT2D eigenvalue weighted by Gasteiger charge is -2.09. The van der Waals surface area contributed by atoms with Crippen LogP contribution in [0.3, 0.4) is 0 Å². The van der Waals surface area contributed by atoms with E-state index in [0.29, 0.717) is 35.0 Å². The molecule has 0 aliphatic heterocycles. The fourth-order valence-corrected chi connectivity index (χ4v) is 3.82. The van der Waals surface area contributed by atoms with Crippen LogP contribution in [0.25, 0.3) is 16.6 Å². The van der Waals surface area contributed by atoms with Crippen LogP contribution < -0.4 is 10.1 Å². The number of nitrogens with zero attached hydrogens (tertiary/aromatic N) is 1. The molecule has 1 amide bonds. The summed E-state index contributed by atoms with van der Waals surface area (Å²) < 4.78 is 6.95. The molecule has 0 spiro atoms. The first-order valence-corrected chi connectivity index (χ1v) is 10.3. The number of rotatable bonds is 7. The van der Waals surface area contributed by atoms with Crippen molar-refractivity contribution in [2.24, 2.45) is 0 Å². The smallest absolute Gasteiger partial charge is 0.294 e. The summed E-state index contributed by atoms with van der Waals surface area (Å²) in [7, 11) is 1.54. The van der Waals surface area contributed by atoms with Gasteiger partial charge < -0.3 is 14.5 Å². The lowest BCUT2D eigenvalue weighted by molar-refractivity contribution is -0.117. The van der Waals surface area contributed by atoms with Crippen LogP contribution >= 0.6 is 11.6 Å². The second-order valence-electron chi connectivity index (χ2n) is 7.07. The first-order chi connectivity index (χ1) is 15.1. The maximum absolute atomic E-state index is 13.2. The molecule has 6 heteroatoms. The molecule has 5 nitrogen and oxygen atoms in total. The van der Waals surface area contributed by atoms with E-state index in [0.717, 1.165) is 16.6 Å². The van der Waals surface area contributed by atoms with E-state index >= 15 is 0 Å². The number of amides is 1. The summed E-state index contributed by atoms with van der Waals surface area (Å²) in [6.07, 6.45) is 2.42. The molecule has 4 rings (SSSR count). The average Bonchev–Trinajstić information content (AvgIpc) is 3.18. The number of ketones is 1. The van der Waals surface area contributed by atoms with Gasteiger partial charge in [-0.15, -0.1) is 0 Å². The van der Waals surface area contributed by atoms with Crippen molar-refractivity contribution >= 4 is 28.8 Å². The average molecular weight is 433 g/mol. The summed E-state index contributed by atoms with van der Waals surface area (Å²) in [5.41, 5.74) is 3.57. The second kappa shape index (κ2) is 9.06. The van der Waals surface area contributed by atoms with Crippen molar-refractivity contribution in [1.29, 1.82) is 0 Å². The van der Waals surface area contributed by atoms with E-state index in [2.05, 4.69) is 5.32 Å². The second-order valence-corrected chi connectivity index (χ2v) is 7.48. The maximum atomic E-state index is 13.2. The molecule has 4 aromatic rings. The van der Waals surface area contributed by atoms with E-state index in [1.165, 1.54) is 0 Å². The highest BCUT2D eigenvalue weighted by molar-refractivity contribution is 6.43. The molecule has 0 aliphatic carbocycles. The molecule has 0 unspecified atom stereocenters. The normalized spacial score (nSPS) is 10.8. The topological polar surface area (TPSA) is 59.8 Å². The Morgan fingerprint density at radius 2 is 1.77 bits per heavy atom. The molecular formula is C25H21ClN2O3. The molecule has 2 heterocycles. The van der Waals surface area contributed by atoms with Crippen molar-refractivity contribution in [3.63, 3.8) is 0 Å². The quantitative estimate of drug-likeness (QED) is 0.337. The molecule has 0 atom stereocenters. The van der Waals surface area contributed by atoms with Crippen LogP contribution in [-0.2, 0) is 11.2 Å². The Morgan fingerprint density at radius 3 is 2.52 bits per heavy atom. The van der Waals surface area contributed by atoms with E-state index in [1.54, 1.807) is 29.8 Å². The van der Waals surface area contributed by atoms with Gasteiger partial charge in [-0.1, -0.05) is 54.1 Å². The molecule has 0 radical (unpaired) electrons. The van der Waals surface area contributed by atoms with E-state index in [9.17, 15) is 9.59 Å². The summed E-state index contributed by atoms with van der Waals surface area (Å²) in [6.45, 7) is 0.377. The van der Waals surface area contributed by atoms with Crippen molar-refractivity contribution in [3.8, 4) is 16.9 Å². The van der Waals surface area contributed by atoms with Crippen LogP contribution in [-0.4, -0.2) is 29.7 Å². The summed E-state index contributed by atoms with van der Waals surface area (Å²) >= 11 is 6.30. The molecule has 156 valence electrons. The van der Waals surface area contributed by atoms with Gasteiger partial charge in [-0.05, 0) is 47.9 Å². The number of Topliss-reactive ketones (excluding diaryl/α,β-unsaturated/α-hetero) is 1. The molecule has 0 aliphatic rings. The van der Waals surface area contributed by atoms with Crippen LogP contribution in [0, 0.1) is 0 Å². The number of hydrogen-bond acceptors (Lipinski definition) is 3. The van der Waals surface area contributed by atoms with Crippen molar-refractivity contribution in [1.82, 2.24) is 9.72 Å². The van der Waals surface area contributed by atoms with Crippen LogP contribution in [0.2, 0.25) is 5.02 Å². The Kier molecular flexibility index (Phi) is 6.05. The monoisotopic (exact) mass is 432 g/mol. The van der Waals surface area contributed by atoms with Crippen LogP contribution in [0.4, 0.5) is 0 Å². The Hall–Kier alpha value is -3.57. The van der Waals surface area contributed by atoms with Gasteiger partial charge in [0.25, 0.3) is 11.7 Å². The van der Waals surface area contributed by atoms with Gasteiger partial charge in [0.2, 0.25) is 0 Å². The third-order valence-electron chi connectivity index (χ3n) is 5.11. The molecule has 2 aromatic carbocycles. The lowest BCUT2D eigenvalue weighted by Crippen LogP contribution is -2.33. The van der Waals surface area contributed by atoms with Crippen molar-refractivity contribution in [2.75, 3.05) is 13.7 Å². The largest absolute Gasteiger partial charge is 0.495 e. The Labute approximate surface area is 185 Å². The zero-order chi connectivity index (χ0) is 21.8. The van der Waals surface area contributed by atoms with E-state index < -0.39 is 11.7 Å². The summed E-state index contributed by atoms with van der Waals surface area (Å²) in [4.78, 5) is 25.9. The molecule has 2 aromatic heterocycles. The minimum absolute atomic E-state index is 0.300. The zero-order valence-electron chi connectivity index (χ0n) is 17.0. The highest BCUT2D eigenvalue weighted by atomic mass is 35.5. The van der Waals surface area contributed by atoms with Gasteiger partial charge >= 0.3 is 0 Å². The Balaban J connectivity index is 1.64. The number of methoxy groups -OCH3 is 1. The predicted octanol–water partition coefficient (Wildman–Crippen LogP) is 4.81. The number of fused-ring (bicyclic) bond motifs is 1. The van der Waals surface area contributed by atoms with Gasteiger partial charge in [0.1, 0.15) is 11.4 Å². The first-order valence-electron chi connectivity index (χ1n) is 9.89. The number of carbonyl (C=O) groups excluding carboxylic acids is 2. The number of nitrogens with one attached hydrogen (secondary N) is 1. The predicted molar refractivity (Wildman–Crippen MR) is 122 cm³/mol. The number of carbonyl (C=O) groups is 2. The molecule has 0 bridgehead atoms. The Bertz CT molecular complexity index is 1250. The molecule has 1 N–H and O–H groups in total. The van der Waals surface area contributed by atoms with Crippen LogP contribution in [0.1, 0.15) is 16.1 Å². The lowest BCUT2D eigenvalue weighted by atomic mass is 10.0. The fraction of sp³-hybridized carbons (Fsp3) is 0.120. The SMILES string of the molecule is COc1ccc(-c2cc3ccccn3c2C(=O)C(=O)NCCc2ccccc2)cc1Cl. The summed E-state index contributed by atoms with van der Waals surface area (Å²) in [5, 5.41) is 3.18. The minimum Gasteiger partial charge on any atom is -0.495 e. The molecule has 31 heavy (non-hydrogen) atoms. The first kappa shape index (κ1) is 20.7. The number of aromatic nitrogens is 1. The fourth-order valence-electron chi connectivity index (χ4n) is 3.56. The standard InChI is InChI=1S/C25H21ClN2O3/c1-31-22-11-10-18(15-21(22)26)20-16-19-9-5-6-14-28(19)23(20)24(29)25(30)27-13-12-17-7-3-2-4-8-17/h2-11,14-16H,12-13H2,1H3,(H,27,30). The highest BCUT2D eigenvalue weighted by Gasteiger charge is 2.24. The van der Waals surface area contributed by atoms with E-state index in [-0.39, 0.29) is 0 Å². The Morgan fingerprint density at radius 1 is 1.00 bits per heavy atom.